The van der Waals surface area contributed by atoms with E-state index in [0.717, 1.165) is 10.7 Å². The Labute approximate surface area is 183 Å². The van der Waals surface area contributed by atoms with Crippen molar-refractivity contribution in [3.63, 3.8) is 0 Å². The molecule has 3 heterocycles. The molecular formula is C20H14ClF2N5O4. The van der Waals surface area contributed by atoms with Gasteiger partial charge in [0, 0.05) is 12.3 Å². The molecule has 0 amide bonds. The second-order valence-corrected chi connectivity index (χ2v) is 6.83. The third-order valence-corrected chi connectivity index (χ3v) is 4.60. The van der Waals surface area contributed by atoms with Crippen molar-refractivity contribution in [2.45, 2.75) is 13.5 Å². The third kappa shape index (κ3) is 4.14. The minimum absolute atomic E-state index is 0.0460. The number of nitrogens with zero attached hydrogens (tertiary/aromatic N) is 5. The smallest absolute Gasteiger partial charge is 0.388 e. The van der Waals surface area contributed by atoms with Gasteiger partial charge in [-0.2, -0.15) is 8.78 Å². The number of halogens is 3. The van der Waals surface area contributed by atoms with Crippen molar-refractivity contribution in [2.24, 2.45) is 5.16 Å². The lowest BCUT2D eigenvalue weighted by Gasteiger charge is -2.08. The van der Waals surface area contributed by atoms with Gasteiger partial charge in [0.15, 0.2) is 5.82 Å². The number of oxime groups is 1. The Morgan fingerprint density at radius 2 is 2.12 bits per heavy atom. The number of benzene rings is 1. The summed E-state index contributed by atoms with van der Waals surface area (Å²) < 4.78 is 36.5. The largest absolute Gasteiger partial charge is 0.415 e. The predicted molar refractivity (Wildman–Crippen MR) is 112 cm³/mol. The van der Waals surface area contributed by atoms with Gasteiger partial charge in [0.05, 0.1) is 22.1 Å². The maximum absolute atomic E-state index is 12.8. The van der Waals surface area contributed by atoms with Gasteiger partial charge < -0.3 is 14.0 Å². The Kier molecular flexibility index (Phi) is 5.82. The molecule has 0 spiro atoms. The summed E-state index contributed by atoms with van der Waals surface area (Å²) in [4.78, 5) is 25.9. The molecule has 0 aliphatic rings. The van der Waals surface area contributed by atoms with Gasteiger partial charge in [-0.3, -0.25) is 0 Å². The highest BCUT2D eigenvalue weighted by atomic mass is 35.5. The van der Waals surface area contributed by atoms with Crippen LogP contribution in [0, 0.1) is 6.92 Å². The summed E-state index contributed by atoms with van der Waals surface area (Å²) in [6.45, 7) is -1.36. The van der Waals surface area contributed by atoms with E-state index in [9.17, 15) is 13.6 Å². The van der Waals surface area contributed by atoms with E-state index in [1.807, 2.05) is 0 Å². The number of pyridine rings is 1. The second-order valence-electron chi connectivity index (χ2n) is 6.42. The van der Waals surface area contributed by atoms with Crippen molar-refractivity contribution in [1.29, 1.82) is 0 Å². The second kappa shape index (κ2) is 8.71. The zero-order valence-corrected chi connectivity index (χ0v) is 17.4. The molecule has 1 aromatic carbocycles. The molecule has 0 atom stereocenters. The van der Waals surface area contributed by atoms with Crippen molar-refractivity contribution in [2.75, 3.05) is 7.11 Å². The van der Waals surface area contributed by atoms with Crippen molar-refractivity contribution in [3.05, 3.63) is 63.1 Å². The average Bonchev–Trinajstić information content (AvgIpc) is 3.16. The van der Waals surface area contributed by atoms with E-state index < -0.39 is 18.1 Å². The molecule has 0 unspecified atom stereocenters. The minimum atomic E-state index is -3.11. The van der Waals surface area contributed by atoms with Crippen LogP contribution in [0.5, 0.6) is 5.88 Å². The van der Waals surface area contributed by atoms with Gasteiger partial charge in [0.2, 0.25) is 11.8 Å². The zero-order valence-electron chi connectivity index (χ0n) is 16.6. The Hall–Kier alpha value is -3.86. The van der Waals surface area contributed by atoms with E-state index in [-0.39, 0.29) is 27.8 Å². The molecule has 0 aliphatic carbocycles. The molecule has 0 saturated heterocycles. The number of aryl methyl sites for hydroxylation is 1. The number of fused-ring (bicyclic) bond motifs is 1. The molecule has 0 fully saturated rings. The number of hydrogen-bond acceptors (Lipinski definition) is 8. The van der Waals surface area contributed by atoms with Gasteiger partial charge in [-0.15, -0.1) is 5.10 Å². The summed E-state index contributed by atoms with van der Waals surface area (Å²) in [5.41, 5.74) is 0.959. The maximum atomic E-state index is 12.8. The molecule has 12 heteroatoms. The van der Waals surface area contributed by atoms with Crippen LogP contribution < -0.4 is 10.4 Å². The summed E-state index contributed by atoms with van der Waals surface area (Å²) in [5.74, 6) is -0.493. The SMILES string of the molecule is CON=Cc1cc(C)c2nc(-c3cc(OC(F)F)nn3-c3ncccc3Cl)oc(=O)c2c1. The first-order valence-corrected chi connectivity index (χ1v) is 9.43. The normalized spacial score (nSPS) is 11.6. The first-order chi connectivity index (χ1) is 15.4. The Balaban J connectivity index is 1.93. The number of hydrogen-bond donors (Lipinski definition) is 0. The molecule has 0 N–H and O–H groups in total. The fourth-order valence-corrected chi connectivity index (χ4v) is 3.23. The Morgan fingerprint density at radius 1 is 1.31 bits per heavy atom. The van der Waals surface area contributed by atoms with Gasteiger partial charge in [-0.05, 0) is 42.3 Å². The number of rotatable bonds is 6. The highest BCUT2D eigenvalue weighted by molar-refractivity contribution is 6.32. The van der Waals surface area contributed by atoms with Crippen LogP contribution >= 0.6 is 11.6 Å². The van der Waals surface area contributed by atoms with Gasteiger partial charge in [0.1, 0.15) is 12.8 Å². The van der Waals surface area contributed by atoms with Crippen LogP contribution in [0.2, 0.25) is 5.02 Å². The quantitative estimate of drug-likeness (QED) is 0.316. The fraction of sp³-hybridized carbons (Fsp3) is 0.150. The fourth-order valence-electron chi connectivity index (χ4n) is 3.03. The van der Waals surface area contributed by atoms with Crippen LogP contribution in [0.3, 0.4) is 0 Å². The first-order valence-electron chi connectivity index (χ1n) is 9.05. The molecular weight excluding hydrogens is 448 g/mol. The lowest BCUT2D eigenvalue weighted by atomic mass is 10.1. The van der Waals surface area contributed by atoms with E-state index in [1.54, 1.807) is 31.2 Å². The molecule has 0 aliphatic heterocycles. The lowest BCUT2D eigenvalue weighted by Crippen LogP contribution is -2.08. The summed E-state index contributed by atoms with van der Waals surface area (Å²) in [6.07, 6.45) is 2.88. The molecule has 0 saturated carbocycles. The zero-order chi connectivity index (χ0) is 22.8. The summed E-state index contributed by atoms with van der Waals surface area (Å²) >= 11 is 6.20. The standard InChI is InChI=1S/C20H14ClF2N5O4/c1-10-6-11(9-25-30-2)7-12-16(10)26-18(32-19(12)29)14-8-15(31-20(22)23)27-28(14)17-13(21)4-3-5-24-17/h3-9,20H,1-2H3. The van der Waals surface area contributed by atoms with E-state index in [2.05, 4.69) is 29.8 Å². The molecule has 4 rings (SSSR count). The van der Waals surface area contributed by atoms with Gasteiger partial charge in [-0.1, -0.05) is 16.8 Å². The molecule has 9 nitrogen and oxygen atoms in total. The van der Waals surface area contributed by atoms with Crippen LogP contribution in [-0.4, -0.2) is 39.7 Å². The van der Waals surface area contributed by atoms with Gasteiger partial charge in [-0.25, -0.2) is 19.4 Å². The molecule has 0 radical (unpaired) electrons. The molecule has 4 aromatic rings. The maximum Gasteiger partial charge on any atom is 0.388 e. The van der Waals surface area contributed by atoms with Crippen LogP contribution in [-0.2, 0) is 4.84 Å². The molecule has 3 aromatic heterocycles. The van der Waals surface area contributed by atoms with Crippen molar-refractivity contribution in [1.82, 2.24) is 19.7 Å². The topological polar surface area (TPSA) is 105 Å². The lowest BCUT2D eigenvalue weighted by molar-refractivity contribution is -0.0530. The van der Waals surface area contributed by atoms with E-state index in [0.29, 0.717) is 16.6 Å². The van der Waals surface area contributed by atoms with Crippen molar-refractivity contribution < 1.29 is 22.8 Å². The first kappa shape index (κ1) is 21.4. The molecule has 32 heavy (non-hydrogen) atoms. The van der Waals surface area contributed by atoms with Crippen LogP contribution in [0.15, 0.2) is 50.9 Å². The average molecular weight is 462 g/mol. The molecule has 0 bridgehead atoms. The Morgan fingerprint density at radius 3 is 2.84 bits per heavy atom. The summed E-state index contributed by atoms with van der Waals surface area (Å²) in [5, 5.41) is 8.04. The number of alkyl halides is 2. The predicted octanol–water partition coefficient (Wildman–Crippen LogP) is 3.98. The highest BCUT2D eigenvalue weighted by Crippen LogP contribution is 2.29. The van der Waals surface area contributed by atoms with E-state index >= 15 is 0 Å². The minimum Gasteiger partial charge on any atom is -0.415 e. The summed E-state index contributed by atoms with van der Waals surface area (Å²) in [7, 11) is 1.40. The van der Waals surface area contributed by atoms with Crippen molar-refractivity contribution in [3.8, 4) is 23.3 Å². The van der Waals surface area contributed by atoms with Crippen LogP contribution in [0.25, 0.3) is 28.3 Å². The molecule has 164 valence electrons. The van der Waals surface area contributed by atoms with Crippen molar-refractivity contribution >= 4 is 28.7 Å². The highest BCUT2D eigenvalue weighted by Gasteiger charge is 2.22. The summed E-state index contributed by atoms with van der Waals surface area (Å²) in [6, 6.07) is 7.59. The Bertz CT molecular complexity index is 1390. The van der Waals surface area contributed by atoms with Crippen LogP contribution in [0.1, 0.15) is 11.1 Å². The third-order valence-electron chi connectivity index (χ3n) is 4.31. The van der Waals surface area contributed by atoms with Gasteiger partial charge >= 0.3 is 12.2 Å². The van der Waals surface area contributed by atoms with E-state index in [1.165, 1.54) is 19.5 Å². The number of aromatic nitrogens is 4. The number of ether oxygens (including phenoxy) is 1. The van der Waals surface area contributed by atoms with Crippen LogP contribution in [0.4, 0.5) is 8.78 Å². The van der Waals surface area contributed by atoms with E-state index in [4.69, 9.17) is 16.0 Å². The monoisotopic (exact) mass is 461 g/mol. The van der Waals surface area contributed by atoms with Gasteiger partial charge in [0.25, 0.3) is 0 Å².